The highest BCUT2D eigenvalue weighted by atomic mass is 35.5. The number of fused-ring (bicyclic) bond motifs is 1. The third kappa shape index (κ3) is 1.50. The maximum atomic E-state index is 6.08. The van der Waals surface area contributed by atoms with Crippen LogP contribution in [0.4, 0.5) is 0 Å². The van der Waals surface area contributed by atoms with Crippen LogP contribution in [-0.4, -0.2) is 9.55 Å². The molecule has 1 aromatic carbocycles. The van der Waals surface area contributed by atoms with Crippen molar-refractivity contribution in [1.29, 1.82) is 0 Å². The van der Waals surface area contributed by atoms with Crippen LogP contribution in [0.25, 0.3) is 11.0 Å². The van der Waals surface area contributed by atoms with E-state index in [0.29, 0.717) is 0 Å². The molecule has 0 atom stereocenters. The summed E-state index contributed by atoms with van der Waals surface area (Å²) >= 11 is 6.08. The SMILES string of the molecule is CCCn1cnc2cc(C)c(Cl)cc21. The van der Waals surface area contributed by atoms with E-state index in [9.17, 15) is 0 Å². The first-order valence-electron chi connectivity index (χ1n) is 4.83. The van der Waals surface area contributed by atoms with Crippen LogP contribution in [-0.2, 0) is 6.54 Å². The zero-order valence-electron chi connectivity index (χ0n) is 8.42. The molecule has 0 saturated carbocycles. The second-order valence-corrected chi connectivity index (χ2v) is 3.94. The molecule has 0 radical (unpaired) electrons. The highest BCUT2D eigenvalue weighted by molar-refractivity contribution is 6.32. The summed E-state index contributed by atoms with van der Waals surface area (Å²) in [4.78, 5) is 4.34. The van der Waals surface area contributed by atoms with Crippen molar-refractivity contribution in [3.8, 4) is 0 Å². The van der Waals surface area contributed by atoms with E-state index in [1.165, 1.54) is 0 Å². The van der Waals surface area contributed by atoms with Gasteiger partial charge in [0, 0.05) is 11.6 Å². The lowest BCUT2D eigenvalue weighted by molar-refractivity contribution is 0.697. The van der Waals surface area contributed by atoms with Gasteiger partial charge in [-0.2, -0.15) is 0 Å². The third-order valence-corrected chi connectivity index (χ3v) is 2.77. The van der Waals surface area contributed by atoms with Gasteiger partial charge in [-0.15, -0.1) is 0 Å². The minimum Gasteiger partial charge on any atom is -0.331 e. The molecule has 0 bridgehead atoms. The van der Waals surface area contributed by atoms with E-state index < -0.39 is 0 Å². The first-order chi connectivity index (χ1) is 6.72. The molecule has 0 unspecified atom stereocenters. The van der Waals surface area contributed by atoms with Gasteiger partial charge in [-0.1, -0.05) is 18.5 Å². The monoisotopic (exact) mass is 208 g/mol. The molecule has 0 aliphatic heterocycles. The van der Waals surface area contributed by atoms with E-state index in [4.69, 9.17) is 11.6 Å². The molecule has 2 nitrogen and oxygen atoms in total. The van der Waals surface area contributed by atoms with E-state index in [-0.39, 0.29) is 0 Å². The van der Waals surface area contributed by atoms with E-state index >= 15 is 0 Å². The van der Waals surface area contributed by atoms with Crippen molar-refractivity contribution in [2.75, 3.05) is 0 Å². The molecule has 0 aliphatic carbocycles. The molecule has 3 heteroatoms. The molecular weight excluding hydrogens is 196 g/mol. The third-order valence-electron chi connectivity index (χ3n) is 2.37. The van der Waals surface area contributed by atoms with Crippen LogP contribution in [0.1, 0.15) is 18.9 Å². The van der Waals surface area contributed by atoms with Crippen molar-refractivity contribution < 1.29 is 0 Å². The van der Waals surface area contributed by atoms with Crippen LogP contribution < -0.4 is 0 Å². The summed E-state index contributed by atoms with van der Waals surface area (Å²) in [7, 11) is 0. The summed E-state index contributed by atoms with van der Waals surface area (Å²) < 4.78 is 2.14. The van der Waals surface area contributed by atoms with Gasteiger partial charge in [0.2, 0.25) is 0 Å². The zero-order chi connectivity index (χ0) is 10.1. The van der Waals surface area contributed by atoms with E-state index in [2.05, 4.69) is 16.5 Å². The Morgan fingerprint density at radius 2 is 2.21 bits per heavy atom. The minimum atomic E-state index is 0.815. The van der Waals surface area contributed by atoms with Crippen LogP contribution in [0.5, 0.6) is 0 Å². The van der Waals surface area contributed by atoms with Crippen molar-refractivity contribution in [2.45, 2.75) is 26.8 Å². The predicted molar refractivity (Wildman–Crippen MR) is 59.8 cm³/mol. The summed E-state index contributed by atoms with van der Waals surface area (Å²) in [5.74, 6) is 0. The number of hydrogen-bond acceptors (Lipinski definition) is 1. The van der Waals surface area contributed by atoms with Crippen molar-refractivity contribution >= 4 is 22.6 Å². The quantitative estimate of drug-likeness (QED) is 0.740. The Morgan fingerprint density at radius 1 is 1.43 bits per heavy atom. The lowest BCUT2D eigenvalue weighted by atomic mass is 10.2. The van der Waals surface area contributed by atoms with Crippen LogP contribution in [0, 0.1) is 6.92 Å². The second-order valence-electron chi connectivity index (χ2n) is 3.53. The number of aromatic nitrogens is 2. The van der Waals surface area contributed by atoms with Gasteiger partial charge in [-0.25, -0.2) is 4.98 Å². The van der Waals surface area contributed by atoms with Gasteiger partial charge in [-0.05, 0) is 31.0 Å². The van der Waals surface area contributed by atoms with Gasteiger partial charge < -0.3 is 4.57 Å². The van der Waals surface area contributed by atoms with Crippen molar-refractivity contribution in [3.05, 3.63) is 29.0 Å². The van der Waals surface area contributed by atoms with Crippen LogP contribution in [0.15, 0.2) is 18.5 Å². The number of hydrogen-bond donors (Lipinski definition) is 0. The molecule has 1 aromatic heterocycles. The fraction of sp³-hybridized carbons (Fsp3) is 0.364. The Hall–Kier alpha value is -1.02. The minimum absolute atomic E-state index is 0.815. The molecule has 0 spiro atoms. The van der Waals surface area contributed by atoms with E-state index in [1.54, 1.807) is 0 Å². The summed E-state index contributed by atoms with van der Waals surface area (Å²) in [6, 6.07) is 4.03. The van der Waals surface area contributed by atoms with Gasteiger partial charge in [0.25, 0.3) is 0 Å². The smallest absolute Gasteiger partial charge is 0.0958 e. The van der Waals surface area contributed by atoms with Crippen LogP contribution >= 0.6 is 11.6 Å². The number of benzene rings is 1. The summed E-state index contributed by atoms with van der Waals surface area (Å²) in [5.41, 5.74) is 3.24. The number of halogens is 1. The van der Waals surface area contributed by atoms with Crippen LogP contribution in [0.3, 0.4) is 0 Å². The number of imidazole rings is 1. The van der Waals surface area contributed by atoms with Gasteiger partial charge in [0.15, 0.2) is 0 Å². The molecular formula is C11H13ClN2. The van der Waals surface area contributed by atoms with E-state index in [0.717, 1.165) is 34.6 Å². The maximum Gasteiger partial charge on any atom is 0.0958 e. The largest absolute Gasteiger partial charge is 0.331 e. The molecule has 1 heterocycles. The summed E-state index contributed by atoms with van der Waals surface area (Å²) in [6.07, 6.45) is 2.99. The average Bonchev–Trinajstić information content (AvgIpc) is 2.51. The topological polar surface area (TPSA) is 17.8 Å². The maximum absolute atomic E-state index is 6.08. The fourth-order valence-electron chi connectivity index (χ4n) is 1.60. The van der Waals surface area contributed by atoms with Crippen molar-refractivity contribution in [3.63, 3.8) is 0 Å². The number of nitrogens with zero attached hydrogens (tertiary/aromatic N) is 2. The molecule has 0 aliphatic rings. The normalized spacial score (nSPS) is 11.1. The Bertz CT molecular complexity index is 460. The number of aryl methyl sites for hydroxylation is 2. The van der Waals surface area contributed by atoms with Crippen molar-refractivity contribution in [1.82, 2.24) is 9.55 Å². The van der Waals surface area contributed by atoms with Crippen LogP contribution in [0.2, 0.25) is 5.02 Å². The molecule has 74 valence electrons. The molecule has 2 rings (SSSR count). The van der Waals surface area contributed by atoms with Gasteiger partial charge in [0.1, 0.15) is 0 Å². The summed E-state index contributed by atoms with van der Waals surface area (Å²) in [6.45, 7) is 5.15. The molecule has 14 heavy (non-hydrogen) atoms. The zero-order valence-corrected chi connectivity index (χ0v) is 9.17. The Balaban J connectivity index is 2.61. The van der Waals surface area contributed by atoms with Gasteiger partial charge in [0.05, 0.1) is 17.4 Å². The molecule has 0 saturated heterocycles. The lowest BCUT2D eigenvalue weighted by Crippen LogP contribution is -1.93. The Kier molecular flexibility index (Phi) is 2.46. The second kappa shape index (κ2) is 3.62. The molecule has 2 aromatic rings. The highest BCUT2D eigenvalue weighted by Gasteiger charge is 2.04. The Morgan fingerprint density at radius 3 is 2.93 bits per heavy atom. The first kappa shape index (κ1) is 9.53. The van der Waals surface area contributed by atoms with E-state index in [1.807, 2.05) is 25.4 Å². The first-order valence-corrected chi connectivity index (χ1v) is 5.21. The summed E-state index contributed by atoms with van der Waals surface area (Å²) in [5, 5.41) is 0.815. The molecule has 0 fully saturated rings. The molecule has 0 N–H and O–H groups in total. The fourth-order valence-corrected chi connectivity index (χ4v) is 1.76. The Labute approximate surface area is 88.5 Å². The highest BCUT2D eigenvalue weighted by Crippen LogP contribution is 2.22. The van der Waals surface area contributed by atoms with Gasteiger partial charge >= 0.3 is 0 Å². The predicted octanol–water partition coefficient (Wildman–Crippen LogP) is 3.41. The number of rotatable bonds is 2. The average molecular weight is 209 g/mol. The van der Waals surface area contributed by atoms with Crippen molar-refractivity contribution in [2.24, 2.45) is 0 Å². The molecule has 0 amide bonds. The standard InChI is InChI=1S/C11H13ClN2/c1-3-4-14-7-13-10-5-8(2)9(12)6-11(10)14/h5-7H,3-4H2,1-2H3. The lowest BCUT2D eigenvalue weighted by Gasteiger charge is -2.02. The van der Waals surface area contributed by atoms with Gasteiger partial charge in [-0.3, -0.25) is 0 Å².